The maximum Gasteiger partial charge on any atom is 0.276 e. The number of aromatic nitrogens is 5. The quantitative estimate of drug-likeness (QED) is 0.296. The Hall–Kier alpha value is -3.20. The fraction of sp³-hybridized carbons (Fsp3) is 0.250. The predicted octanol–water partition coefficient (Wildman–Crippen LogP) is 4.31. The molecule has 3 heterocycles. The lowest BCUT2D eigenvalue weighted by Crippen LogP contribution is -1.90. The van der Waals surface area contributed by atoms with Gasteiger partial charge >= 0.3 is 0 Å². The lowest BCUT2D eigenvalue weighted by Gasteiger charge is -2.02. The van der Waals surface area contributed by atoms with Crippen molar-refractivity contribution in [1.82, 2.24) is 25.3 Å². The molecule has 8 nitrogen and oxygen atoms in total. The van der Waals surface area contributed by atoms with E-state index in [4.69, 9.17) is 13.7 Å². The Balaban J connectivity index is 1.26. The van der Waals surface area contributed by atoms with Crippen molar-refractivity contribution in [2.24, 2.45) is 0 Å². The van der Waals surface area contributed by atoms with Gasteiger partial charge in [0, 0.05) is 35.7 Å². The molecule has 0 unspecified atom stereocenters. The van der Waals surface area contributed by atoms with E-state index in [9.17, 15) is 0 Å². The second-order valence-corrected chi connectivity index (χ2v) is 7.08. The van der Waals surface area contributed by atoms with Gasteiger partial charge in [0.25, 0.3) is 5.22 Å². The summed E-state index contributed by atoms with van der Waals surface area (Å²) in [4.78, 5) is 8.40. The van der Waals surface area contributed by atoms with Crippen molar-refractivity contribution in [2.75, 3.05) is 12.4 Å². The minimum atomic E-state index is 0.495. The SMILES string of the molecule is CCOc1ccc(-c2nnc(SCCCc3nc(-c4ccncc4)no3)o2)cc1. The molecule has 0 aliphatic rings. The fourth-order valence-corrected chi connectivity index (χ4v) is 3.30. The van der Waals surface area contributed by atoms with Crippen molar-refractivity contribution in [3.05, 3.63) is 54.7 Å². The number of rotatable bonds is 9. The van der Waals surface area contributed by atoms with E-state index in [1.165, 1.54) is 11.8 Å². The van der Waals surface area contributed by atoms with E-state index in [0.717, 1.165) is 29.1 Å². The van der Waals surface area contributed by atoms with Gasteiger partial charge < -0.3 is 13.7 Å². The summed E-state index contributed by atoms with van der Waals surface area (Å²) >= 11 is 1.51. The summed E-state index contributed by atoms with van der Waals surface area (Å²) in [6.45, 7) is 2.59. The van der Waals surface area contributed by atoms with Gasteiger partial charge in [-0.2, -0.15) is 4.98 Å². The molecule has 0 bridgehead atoms. The minimum Gasteiger partial charge on any atom is -0.494 e. The average molecular weight is 409 g/mol. The molecule has 0 fully saturated rings. The zero-order valence-corrected chi connectivity index (χ0v) is 16.6. The molecule has 3 aromatic heterocycles. The van der Waals surface area contributed by atoms with Gasteiger partial charge in [0.05, 0.1) is 6.61 Å². The molecule has 1 aromatic carbocycles. The summed E-state index contributed by atoms with van der Waals surface area (Å²) in [5, 5.41) is 12.8. The van der Waals surface area contributed by atoms with Crippen LogP contribution in [0.4, 0.5) is 0 Å². The van der Waals surface area contributed by atoms with E-state index in [0.29, 0.717) is 35.9 Å². The first-order chi connectivity index (χ1) is 14.3. The van der Waals surface area contributed by atoms with Crippen LogP contribution in [-0.2, 0) is 6.42 Å². The highest BCUT2D eigenvalue weighted by Crippen LogP contribution is 2.25. The van der Waals surface area contributed by atoms with Crippen molar-refractivity contribution in [3.8, 4) is 28.6 Å². The first-order valence-electron chi connectivity index (χ1n) is 9.24. The topological polar surface area (TPSA) is 100.0 Å². The van der Waals surface area contributed by atoms with Gasteiger partial charge in [-0.3, -0.25) is 4.98 Å². The Morgan fingerprint density at radius 1 is 1.00 bits per heavy atom. The van der Waals surface area contributed by atoms with Crippen molar-refractivity contribution in [1.29, 1.82) is 0 Å². The molecule has 4 rings (SSSR count). The summed E-state index contributed by atoms with van der Waals surface area (Å²) in [5.74, 6) is 3.30. The maximum atomic E-state index is 5.73. The van der Waals surface area contributed by atoms with E-state index in [-0.39, 0.29) is 0 Å². The smallest absolute Gasteiger partial charge is 0.276 e. The molecule has 148 valence electrons. The van der Waals surface area contributed by atoms with E-state index >= 15 is 0 Å². The molecular formula is C20H19N5O3S. The number of benzene rings is 1. The van der Waals surface area contributed by atoms with E-state index < -0.39 is 0 Å². The lowest BCUT2D eigenvalue weighted by molar-refractivity contribution is 0.340. The first-order valence-corrected chi connectivity index (χ1v) is 10.2. The Labute approximate surface area is 171 Å². The van der Waals surface area contributed by atoms with Crippen LogP contribution >= 0.6 is 11.8 Å². The molecule has 0 amide bonds. The molecular weight excluding hydrogens is 390 g/mol. The van der Waals surface area contributed by atoms with Gasteiger partial charge in [0.2, 0.25) is 17.6 Å². The van der Waals surface area contributed by atoms with Gasteiger partial charge in [0.1, 0.15) is 5.75 Å². The van der Waals surface area contributed by atoms with Crippen LogP contribution in [0.15, 0.2) is 63.0 Å². The second-order valence-electron chi connectivity index (χ2n) is 6.03. The maximum absolute atomic E-state index is 5.73. The van der Waals surface area contributed by atoms with E-state index in [1.807, 2.05) is 43.3 Å². The van der Waals surface area contributed by atoms with Crippen molar-refractivity contribution < 1.29 is 13.7 Å². The van der Waals surface area contributed by atoms with Gasteiger partial charge in [-0.25, -0.2) is 0 Å². The van der Waals surface area contributed by atoms with Crippen LogP contribution in [0.5, 0.6) is 5.75 Å². The summed E-state index contributed by atoms with van der Waals surface area (Å²) in [5.41, 5.74) is 1.75. The largest absolute Gasteiger partial charge is 0.494 e. The Bertz CT molecular complexity index is 1030. The lowest BCUT2D eigenvalue weighted by atomic mass is 10.2. The average Bonchev–Trinajstić information content (AvgIpc) is 3.43. The number of hydrogen-bond donors (Lipinski definition) is 0. The van der Waals surface area contributed by atoms with E-state index in [1.54, 1.807) is 12.4 Å². The highest BCUT2D eigenvalue weighted by Gasteiger charge is 2.11. The molecule has 9 heteroatoms. The van der Waals surface area contributed by atoms with Crippen LogP contribution in [0.25, 0.3) is 22.8 Å². The van der Waals surface area contributed by atoms with Crippen molar-refractivity contribution >= 4 is 11.8 Å². The first kappa shape index (κ1) is 19.1. The fourth-order valence-electron chi connectivity index (χ4n) is 2.60. The van der Waals surface area contributed by atoms with Crippen LogP contribution < -0.4 is 4.74 Å². The van der Waals surface area contributed by atoms with Gasteiger partial charge in [-0.15, -0.1) is 10.2 Å². The highest BCUT2D eigenvalue weighted by molar-refractivity contribution is 7.99. The van der Waals surface area contributed by atoms with Crippen LogP contribution in [0, 0.1) is 0 Å². The second kappa shape index (κ2) is 9.33. The summed E-state index contributed by atoms with van der Waals surface area (Å²) in [7, 11) is 0. The number of nitrogens with zero attached hydrogens (tertiary/aromatic N) is 5. The highest BCUT2D eigenvalue weighted by atomic mass is 32.2. The standard InChI is InChI=1S/C20H19N5O3S/c1-2-26-16-7-5-15(6-8-16)19-23-24-20(27-19)29-13-3-4-17-22-18(25-28-17)14-9-11-21-12-10-14/h5-12H,2-4,13H2,1H3. The van der Waals surface area contributed by atoms with Crippen LogP contribution in [0.1, 0.15) is 19.2 Å². The van der Waals surface area contributed by atoms with Crippen LogP contribution in [-0.4, -0.2) is 37.7 Å². The third-order valence-corrected chi connectivity index (χ3v) is 4.89. The van der Waals surface area contributed by atoms with Crippen molar-refractivity contribution in [2.45, 2.75) is 25.0 Å². The molecule has 0 aliphatic heterocycles. The molecule has 0 saturated heterocycles. The molecule has 4 aromatic rings. The number of pyridine rings is 1. The number of hydrogen-bond acceptors (Lipinski definition) is 9. The monoisotopic (exact) mass is 409 g/mol. The summed E-state index contributed by atoms with van der Waals surface area (Å²) in [6.07, 6.45) is 4.94. The third kappa shape index (κ3) is 5.00. The number of aryl methyl sites for hydroxylation is 1. The number of thioether (sulfide) groups is 1. The summed E-state index contributed by atoms with van der Waals surface area (Å²) in [6, 6.07) is 11.3. The molecule has 0 saturated carbocycles. The third-order valence-electron chi connectivity index (χ3n) is 3.99. The molecule has 0 spiro atoms. The van der Waals surface area contributed by atoms with Gasteiger partial charge in [-0.05, 0) is 49.7 Å². The van der Waals surface area contributed by atoms with Crippen LogP contribution in [0.2, 0.25) is 0 Å². The molecule has 29 heavy (non-hydrogen) atoms. The molecule has 0 N–H and O–H groups in total. The molecule has 0 atom stereocenters. The minimum absolute atomic E-state index is 0.495. The molecule has 0 aliphatic carbocycles. The number of ether oxygens (including phenoxy) is 1. The zero-order valence-electron chi connectivity index (χ0n) is 15.8. The van der Waals surface area contributed by atoms with Gasteiger partial charge in [0.15, 0.2) is 0 Å². The summed E-state index contributed by atoms with van der Waals surface area (Å²) < 4.78 is 16.5. The Kier molecular flexibility index (Phi) is 6.16. The normalized spacial score (nSPS) is 10.9. The Morgan fingerprint density at radius 2 is 1.83 bits per heavy atom. The molecule has 0 radical (unpaired) electrons. The van der Waals surface area contributed by atoms with Gasteiger partial charge in [-0.1, -0.05) is 16.9 Å². The van der Waals surface area contributed by atoms with Crippen LogP contribution in [0.3, 0.4) is 0 Å². The Morgan fingerprint density at radius 3 is 2.62 bits per heavy atom. The predicted molar refractivity (Wildman–Crippen MR) is 107 cm³/mol. The zero-order chi connectivity index (χ0) is 19.9. The van der Waals surface area contributed by atoms with E-state index in [2.05, 4.69) is 25.3 Å². The van der Waals surface area contributed by atoms with Crippen molar-refractivity contribution in [3.63, 3.8) is 0 Å².